The Balaban J connectivity index is 2.27. The summed E-state index contributed by atoms with van der Waals surface area (Å²) < 4.78 is 28.1. The fourth-order valence-corrected chi connectivity index (χ4v) is 3.20. The van der Waals surface area contributed by atoms with Crippen LogP contribution in [-0.4, -0.2) is 14.2 Å². The minimum atomic E-state index is 0.308. The maximum atomic E-state index is 8.42. The average Bonchev–Trinajstić information content (AvgIpc) is 2.66. The van der Waals surface area contributed by atoms with Crippen molar-refractivity contribution in [2.24, 2.45) is 0 Å². The maximum Gasteiger partial charge on any atom is 0.127 e. The molecule has 0 amide bonds. The highest BCUT2D eigenvalue weighted by Gasteiger charge is 2.17. The molecule has 0 bridgehead atoms. The van der Waals surface area contributed by atoms with Gasteiger partial charge in [-0.3, -0.25) is 0 Å². The van der Waals surface area contributed by atoms with Crippen LogP contribution in [0, 0.1) is 0 Å². The van der Waals surface area contributed by atoms with Gasteiger partial charge in [0, 0.05) is 11.1 Å². The van der Waals surface area contributed by atoms with Gasteiger partial charge in [-0.05, 0) is 33.6 Å². The molecule has 4 aromatic carbocycles. The first kappa shape index (κ1) is 12.4. The predicted octanol–water partition coefficient (Wildman–Crippen LogP) is 5.68. The third kappa shape index (κ3) is 2.19. The van der Waals surface area contributed by atoms with Crippen molar-refractivity contribution < 1.29 is 12.2 Å². The van der Waals surface area contributed by atoms with Gasteiger partial charge in [-0.2, -0.15) is 0 Å². The van der Waals surface area contributed by atoms with E-state index in [2.05, 4.69) is 0 Å². The molecule has 0 radical (unpaired) electrons. The summed E-state index contributed by atoms with van der Waals surface area (Å²) >= 11 is 0. The Morgan fingerprint density at radius 1 is 0.625 bits per heavy atom. The topological polar surface area (TPSA) is 18.5 Å². The van der Waals surface area contributed by atoms with E-state index in [4.69, 9.17) is 12.2 Å². The molecule has 0 spiro atoms. The lowest BCUT2D eigenvalue weighted by Gasteiger charge is -2.17. The highest BCUT2D eigenvalue weighted by atomic mass is 16.5. The minimum absolute atomic E-state index is 0.308. The van der Waals surface area contributed by atoms with E-state index in [0.717, 1.165) is 32.7 Å². The lowest BCUT2D eigenvalue weighted by atomic mass is 9.92. The van der Waals surface area contributed by atoms with Gasteiger partial charge in [-0.1, -0.05) is 60.7 Å². The van der Waals surface area contributed by atoms with E-state index in [1.165, 1.54) is 0 Å². The largest absolute Gasteiger partial charge is 0.496 e. The summed E-state index contributed by atoms with van der Waals surface area (Å²) in [6.07, 6.45) is 0. The average molecular weight is 316 g/mol. The lowest BCUT2D eigenvalue weighted by molar-refractivity contribution is 0.411. The van der Waals surface area contributed by atoms with Crippen LogP contribution in [0.5, 0.6) is 11.5 Å². The van der Waals surface area contributed by atoms with E-state index in [9.17, 15) is 0 Å². The Kier molecular flexibility index (Phi) is 3.05. The van der Waals surface area contributed by atoms with Crippen molar-refractivity contribution in [1.29, 1.82) is 0 Å². The van der Waals surface area contributed by atoms with Crippen molar-refractivity contribution in [1.82, 2.24) is 0 Å². The molecule has 4 aromatic rings. The molecule has 0 atom stereocenters. The SMILES string of the molecule is [2H]c1cc2ccccc2c(-c2c(OC)c([2H])cc3ccccc23)c1OC. The van der Waals surface area contributed by atoms with E-state index in [-0.39, 0.29) is 0 Å². The summed E-state index contributed by atoms with van der Waals surface area (Å²) in [5, 5.41) is 3.84. The fraction of sp³-hybridized carbons (Fsp3) is 0.0909. The maximum absolute atomic E-state index is 8.42. The van der Waals surface area contributed by atoms with Crippen molar-refractivity contribution in [3.8, 4) is 22.6 Å². The number of benzene rings is 4. The smallest absolute Gasteiger partial charge is 0.127 e. The van der Waals surface area contributed by atoms with Crippen LogP contribution < -0.4 is 9.47 Å². The van der Waals surface area contributed by atoms with Crippen molar-refractivity contribution >= 4 is 21.5 Å². The Morgan fingerprint density at radius 2 is 1.04 bits per heavy atom. The summed E-state index contributed by atoms with van der Waals surface area (Å²) in [5.74, 6) is 0.968. The van der Waals surface area contributed by atoms with E-state index in [1.54, 1.807) is 26.4 Å². The summed E-state index contributed by atoms with van der Waals surface area (Å²) in [5.41, 5.74) is 1.58. The van der Waals surface area contributed by atoms with Crippen molar-refractivity contribution in [2.45, 2.75) is 0 Å². The second kappa shape index (κ2) is 5.89. The van der Waals surface area contributed by atoms with Gasteiger partial charge in [0.1, 0.15) is 11.5 Å². The zero-order valence-corrected chi connectivity index (χ0v) is 13.6. The first-order valence-corrected chi connectivity index (χ1v) is 7.78. The standard InChI is InChI=1S/C22H18O2/c1-23-19-13-11-15-7-3-5-9-17(15)21(19)22-18-10-6-4-8-16(18)12-14-20(22)24-2/h3-14H,1-2H3/i13D,14D. The summed E-state index contributed by atoms with van der Waals surface area (Å²) in [6, 6.07) is 20.0. The molecule has 0 unspecified atom stereocenters. The van der Waals surface area contributed by atoms with Crippen LogP contribution in [0.25, 0.3) is 32.7 Å². The number of hydrogen-bond donors (Lipinski definition) is 0. The van der Waals surface area contributed by atoms with Crippen molar-refractivity contribution in [3.05, 3.63) is 72.7 Å². The van der Waals surface area contributed by atoms with Crippen LogP contribution in [0.4, 0.5) is 0 Å². The molecular weight excluding hydrogens is 296 g/mol. The first-order valence-electron chi connectivity index (χ1n) is 8.78. The van der Waals surface area contributed by atoms with Gasteiger partial charge in [-0.15, -0.1) is 0 Å². The normalized spacial score (nSPS) is 12.1. The monoisotopic (exact) mass is 316 g/mol. The molecule has 0 aliphatic carbocycles. The zero-order valence-electron chi connectivity index (χ0n) is 15.6. The highest BCUT2D eigenvalue weighted by molar-refractivity contribution is 6.09. The van der Waals surface area contributed by atoms with Gasteiger partial charge in [0.2, 0.25) is 0 Å². The Hall–Kier alpha value is -3.00. The van der Waals surface area contributed by atoms with E-state index < -0.39 is 0 Å². The molecule has 0 aliphatic heterocycles. The van der Waals surface area contributed by atoms with Gasteiger partial charge in [-0.25, -0.2) is 0 Å². The number of ether oxygens (including phenoxy) is 2. The third-order valence-electron chi connectivity index (χ3n) is 4.29. The van der Waals surface area contributed by atoms with Crippen molar-refractivity contribution in [3.63, 3.8) is 0 Å². The molecule has 2 nitrogen and oxygen atoms in total. The van der Waals surface area contributed by atoms with Crippen LogP contribution in [0.2, 0.25) is 0 Å². The molecular formula is C22H18O2. The molecule has 24 heavy (non-hydrogen) atoms. The van der Waals surface area contributed by atoms with Gasteiger partial charge in [0.05, 0.1) is 17.0 Å². The van der Waals surface area contributed by atoms with Crippen molar-refractivity contribution in [2.75, 3.05) is 14.2 Å². The molecule has 4 rings (SSSR count). The zero-order chi connectivity index (χ0) is 18.3. The van der Waals surface area contributed by atoms with Crippen LogP contribution >= 0.6 is 0 Å². The predicted molar refractivity (Wildman–Crippen MR) is 100.0 cm³/mol. The molecule has 0 N–H and O–H groups in total. The fourth-order valence-electron chi connectivity index (χ4n) is 3.20. The third-order valence-corrected chi connectivity index (χ3v) is 4.29. The number of methoxy groups -OCH3 is 2. The molecule has 2 heteroatoms. The molecule has 0 saturated carbocycles. The molecule has 0 fully saturated rings. The second-order valence-electron chi connectivity index (χ2n) is 5.57. The molecule has 0 saturated heterocycles. The Morgan fingerprint density at radius 3 is 1.46 bits per heavy atom. The molecule has 0 heterocycles. The first-order chi connectivity index (χ1) is 12.7. The number of hydrogen-bond acceptors (Lipinski definition) is 2. The summed E-state index contributed by atoms with van der Waals surface area (Å²) in [4.78, 5) is 0. The minimum Gasteiger partial charge on any atom is -0.496 e. The highest BCUT2D eigenvalue weighted by Crippen LogP contribution is 2.45. The number of rotatable bonds is 3. The van der Waals surface area contributed by atoms with Gasteiger partial charge >= 0.3 is 0 Å². The van der Waals surface area contributed by atoms with Crippen LogP contribution in [0.15, 0.2) is 72.7 Å². The summed E-state index contributed by atoms with van der Waals surface area (Å²) in [7, 11) is 3.15. The molecule has 118 valence electrons. The van der Waals surface area contributed by atoms with E-state index in [1.807, 2.05) is 48.5 Å². The van der Waals surface area contributed by atoms with E-state index >= 15 is 0 Å². The quantitative estimate of drug-likeness (QED) is 0.484. The van der Waals surface area contributed by atoms with Crippen LogP contribution in [0.1, 0.15) is 2.74 Å². The van der Waals surface area contributed by atoms with Crippen LogP contribution in [-0.2, 0) is 0 Å². The van der Waals surface area contributed by atoms with Crippen LogP contribution in [0.3, 0.4) is 0 Å². The molecule has 0 aromatic heterocycles. The Bertz CT molecular complexity index is 1040. The van der Waals surface area contributed by atoms with Gasteiger partial charge < -0.3 is 9.47 Å². The molecule has 0 aliphatic rings. The van der Waals surface area contributed by atoms with Gasteiger partial charge in [0.25, 0.3) is 0 Å². The number of fused-ring (bicyclic) bond motifs is 2. The lowest BCUT2D eigenvalue weighted by Crippen LogP contribution is -1.94. The summed E-state index contributed by atoms with van der Waals surface area (Å²) in [6.45, 7) is 0. The van der Waals surface area contributed by atoms with Gasteiger partial charge in [0.15, 0.2) is 0 Å². The Labute approximate surface area is 144 Å². The van der Waals surface area contributed by atoms with E-state index in [0.29, 0.717) is 23.6 Å². The second-order valence-corrected chi connectivity index (χ2v) is 5.57.